The van der Waals surface area contributed by atoms with E-state index in [1.807, 2.05) is 13.0 Å². The Labute approximate surface area is 158 Å². The van der Waals surface area contributed by atoms with Crippen LogP contribution in [0.25, 0.3) is 0 Å². The zero-order chi connectivity index (χ0) is 18.3. The minimum Gasteiger partial charge on any atom is -0.379 e. The van der Waals surface area contributed by atoms with E-state index in [0.29, 0.717) is 6.54 Å². The molecule has 1 aliphatic rings. The fourth-order valence-electron chi connectivity index (χ4n) is 2.79. The van der Waals surface area contributed by atoms with Crippen molar-refractivity contribution in [3.05, 3.63) is 34.1 Å². The van der Waals surface area contributed by atoms with Gasteiger partial charge in [-0.3, -0.25) is 4.90 Å². The number of morpholine rings is 1. The van der Waals surface area contributed by atoms with E-state index < -0.39 is 0 Å². The van der Waals surface area contributed by atoms with E-state index in [9.17, 15) is 4.39 Å². The van der Waals surface area contributed by atoms with E-state index in [4.69, 9.17) is 4.74 Å². The fraction of sp³-hybridized carbons (Fsp3) is 0.611. The van der Waals surface area contributed by atoms with Gasteiger partial charge in [-0.2, -0.15) is 0 Å². The number of guanidine groups is 1. The second-order valence-corrected chi connectivity index (χ2v) is 7.65. The largest absolute Gasteiger partial charge is 0.379 e. The summed E-state index contributed by atoms with van der Waals surface area (Å²) in [6, 6.07) is 4.84. The minimum atomic E-state index is -0.258. The summed E-state index contributed by atoms with van der Waals surface area (Å²) in [6.07, 6.45) is 0. The van der Waals surface area contributed by atoms with Crippen LogP contribution in [-0.2, 0) is 11.3 Å². The number of hydrogen-bond donors (Lipinski definition) is 2. The van der Waals surface area contributed by atoms with Crippen LogP contribution in [0.4, 0.5) is 4.39 Å². The van der Waals surface area contributed by atoms with Gasteiger partial charge in [-0.05, 0) is 44.5 Å². The molecule has 0 unspecified atom stereocenters. The molecule has 0 spiro atoms. The number of ether oxygens (including phenoxy) is 1. The first-order valence-electron chi connectivity index (χ1n) is 8.70. The summed E-state index contributed by atoms with van der Waals surface area (Å²) in [5.74, 6) is 0.482. The Hall–Kier alpha value is -1.18. The lowest BCUT2D eigenvalue weighted by Crippen LogP contribution is -2.56. The highest BCUT2D eigenvalue weighted by molar-refractivity contribution is 9.10. The van der Waals surface area contributed by atoms with Gasteiger partial charge in [0.2, 0.25) is 0 Å². The van der Waals surface area contributed by atoms with Crippen molar-refractivity contribution in [3.63, 3.8) is 0 Å². The molecule has 1 heterocycles. The second kappa shape index (κ2) is 9.50. The van der Waals surface area contributed by atoms with Crippen molar-refractivity contribution in [2.45, 2.75) is 32.9 Å². The third-order valence-corrected chi connectivity index (χ3v) is 4.70. The molecule has 0 bridgehead atoms. The topological polar surface area (TPSA) is 48.9 Å². The zero-order valence-electron chi connectivity index (χ0n) is 15.2. The molecule has 0 saturated carbocycles. The molecule has 140 valence electrons. The van der Waals surface area contributed by atoms with E-state index in [-0.39, 0.29) is 11.4 Å². The van der Waals surface area contributed by atoms with Gasteiger partial charge in [0.1, 0.15) is 5.82 Å². The van der Waals surface area contributed by atoms with Crippen molar-refractivity contribution < 1.29 is 9.13 Å². The van der Waals surface area contributed by atoms with E-state index >= 15 is 0 Å². The Morgan fingerprint density at radius 3 is 2.64 bits per heavy atom. The molecular weight excluding hydrogens is 387 g/mol. The fourth-order valence-corrected chi connectivity index (χ4v) is 3.31. The van der Waals surface area contributed by atoms with E-state index in [1.54, 1.807) is 0 Å². The van der Waals surface area contributed by atoms with Crippen LogP contribution in [-0.4, -0.2) is 55.8 Å². The molecule has 2 N–H and O–H groups in total. The summed E-state index contributed by atoms with van der Waals surface area (Å²) < 4.78 is 19.6. The highest BCUT2D eigenvalue weighted by Gasteiger charge is 2.28. The van der Waals surface area contributed by atoms with Crippen LogP contribution >= 0.6 is 15.9 Å². The zero-order valence-corrected chi connectivity index (χ0v) is 16.8. The first-order valence-corrected chi connectivity index (χ1v) is 9.50. The van der Waals surface area contributed by atoms with Gasteiger partial charge in [0.05, 0.1) is 19.8 Å². The number of nitrogens with zero attached hydrogens (tertiary/aromatic N) is 2. The molecule has 0 aliphatic carbocycles. The van der Waals surface area contributed by atoms with E-state index in [1.165, 1.54) is 12.1 Å². The highest BCUT2D eigenvalue weighted by atomic mass is 79.9. The van der Waals surface area contributed by atoms with Crippen molar-refractivity contribution in [2.24, 2.45) is 4.99 Å². The van der Waals surface area contributed by atoms with Gasteiger partial charge in [-0.1, -0.05) is 15.9 Å². The molecule has 0 amide bonds. The van der Waals surface area contributed by atoms with Gasteiger partial charge in [0.15, 0.2) is 5.96 Å². The molecule has 0 radical (unpaired) electrons. The first-order chi connectivity index (χ1) is 11.9. The van der Waals surface area contributed by atoms with Crippen LogP contribution in [0.15, 0.2) is 27.7 Å². The standard InChI is InChI=1S/C18H28BrFN4O/c1-4-21-17(22-12-14-9-15(19)11-16(20)10-14)23-13-18(2,3)24-5-7-25-8-6-24/h9-11H,4-8,12-13H2,1-3H3,(H2,21,22,23). The Morgan fingerprint density at radius 2 is 2.00 bits per heavy atom. The third-order valence-electron chi connectivity index (χ3n) is 4.24. The molecule has 0 aromatic heterocycles. The Balaban J connectivity index is 1.96. The summed E-state index contributed by atoms with van der Waals surface area (Å²) in [6.45, 7) is 11.9. The Morgan fingerprint density at radius 1 is 1.28 bits per heavy atom. The molecule has 0 atom stereocenters. The van der Waals surface area contributed by atoms with Crippen LogP contribution < -0.4 is 10.6 Å². The minimum absolute atomic E-state index is 0.00184. The Kier molecular flexibility index (Phi) is 7.65. The van der Waals surface area contributed by atoms with Crippen LogP contribution in [0, 0.1) is 5.82 Å². The van der Waals surface area contributed by atoms with Crippen LogP contribution in [0.5, 0.6) is 0 Å². The number of hydrogen-bond acceptors (Lipinski definition) is 3. The Bertz CT molecular complexity index is 568. The number of halogens is 2. The summed E-state index contributed by atoms with van der Waals surface area (Å²) >= 11 is 3.32. The second-order valence-electron chi connectivity index (χ2n) is 6.74. The molecular formula is C18H28BrFN4O. The number of nitrogens with one attached hydrogen (secondary N) is 2. The number of aliphatic imine (C=N–C) groups is 1. The summed E-state index contributed by atoms with van der Waals surface area (Å²) in [4.78, 5) is 7.01. The number of benzene rings is 1. The van der Waals surface area contributed by atoms with Crippen molar-refractivity contribution in [1.29, 1.82) is 0 Å². The maximum absolute atomic E-state index is 13.5. The van der Waals surface area contributed by atoms with E-state index in [2.05, 4.69) is 50.3 Å². The van der Waals surface area contributed by atoms with Gasteiger partial charge >= 0.3 is 0 Å². The summed E-state index contributed by atoms with van der Waals surface area (Å²) in [5, 5.41) is 6.66. The predicted octanol–water partition coefficient (Wildman–Crippen LogP) is 2.75. The molecule has 5 nitrogen and oxygen atoms in total. The van der Waals surface area contributed by atoms with Crippen molar-refractivity contribution in [1.82, 2.24) is 15.5 Å². The van der Waals surface area contributed by atoms with Crippen LogP contribution in [0.1, 0.15) is 26.3 Å². The molecule has 25 heavy (non-hydrogen) atoms. The average Bonchev–Trinajstić information content (AvgIpc) is 2.57. The molecule has 1 aromatic rings. The van der Waals surface area contributed by atoms with Gasteiger partial charge in [0.25, 0.3) is 0 Å². The SMILES string of the molecule is CCNC(=NCc1cc(F)cc(Br)c1)NCC(C)(C)N1CCOCC1. The molecule has 1 aromatic carbocycles. The maximum atomic E-state index is 13.5. The predicted molar refractivity (Wildman–Crippen MR) is 103 cm³/mol. The molecule has 7 heteroatoms. The van der Waals surface area contributed by atoms with E-state index in [0.717, 1.165) is 55.4 Å². The molecule has 1 saturated heterocycles. The third kappa shape index (κ3) is 6.56. The molecule has 1 fully saturated rings. The lowest BCUT2D eigenvalue weighted by atomic mass is 10.0. The first kappa shape index (κ1) is 20.1. The maximum Gasteiger partial charge on any atom is 0.191 e. The van der Waals surface area contributed by atoms with Gasteiger partial charge in [-0.25, -0.2) is 9.38 Å². The normalized spacial score (nSPS) is 16.8. The highest BCUT2D eigenvalue weighted by Crippen LogP contribution is 2.16. The van der Waals surface area contributed by atoms with Crippen molar-refractivity contribution in [3.8, 4) is 0 Å². The number of rotatable bonds is 6. The van der Waals surface area contributed by atoms with Crippen LogP contribution in [0.3, 0.4) is 0 Å². The average molecular weight is 415 g/mol. The van der Waals surface area contributed by atoms with Crippen molar-refractivity contribution in [2.75, 3.05) is 39.4 Å². The van der Waals surface area contributed by atoms with Crippen LogP contribution in [0.2, 0.25) is 0 Å². The van der Waals surface area contributed by atoms with Gasteiger partial charge in [-0.15, -0.1) is 0 Å². The summed E-state index contributed by atoms with van der Waals surface area (Å²) in [7, 11) is 0. The summed E-state index contributed by atoms with van der Waals surface area (Å²) in [5.41, 5.74) is 0.832. The van der Waals surface area contributed by atoms with Gasteiger partial charge < -0.3 is 15.4 Å². The smallest absolute Gasteiger partial charge is 0.191 e. The molecule has 2 rings (SSSR count). The van der Waals surface area contributed by atoms with Crippen molar-refractivity contribution >= 4 is 21.9 Å². The molecule has 1 aliphatic heterocycles. The lowest BCUT2D eigenvalue weighted by molar-refractivity contribution is -0.00834. The van der Waals surface area contributed by atoms with Gasteiger partial charge in [0, 0.05) is 36.2 Å². The monoisotopic (exact) mass is 414 g/mol. The lowest BCUT2D eigenvalue weighted by Gasteiger charge is -2.41. The quantitative estimate of drug-likeness (QED) is 0.554.